The predicted molar refractivity (Wildman–Crippen MR) is 64.9 cm³/mol. The zero-order valence-electron chi connectivity index (χ0n) is 10.0. The minimum atomic E-state index is 0.113. The Morgan fingerprint density at radius 3 is 2.88 bits per heavy atom. The molecule has 5 heteroatoms. The Morgan fingerprint density at radius 2 is 2.24 bits per heavy atom. The number of hydrogen-bond acceptors (Lipinski definition) is 5. The highest BCUT2D eigenvalue weighted by molar-refractivity contribution is 5.08. The molecule has 2 atom stereocenters. The van der Waals surface area contributed by atoms with Gasteiger partial charge >= 0.3 is 0 Å². The number of hydrogen-bond donors (Lipinski definition) is 2. The second-order valence-corrected chi connectivity index (χ2v) is 4.46. The maximum Gasteiger partial charge on any atom is 0.115 e. The van der Waals surface area contributed by atoms with Crippen molar-refractivity contribution in [2.24, 2.45) is 5.84 Å². The minimum absolute atomic E-state index is 0.113. The third-order valence-corrected chi connectivity index (χ3v) is 3.24. The van der Waals surface area contributed by atoms with Crippen LogP contribution in [0, 0.1) is 0 Å². The first-order chi connectivity index (χ1) is 8.40. The van der Waals surface area contributed by atoms with E-state index in [0.717, 1.165) is 25.0 Å². The summed E-state index contributed by atoms with van der Waals surface area (Å²) in [5.74, 6) is 5.57. The molecule has 0 aliphatic carbocycles. The number of nitrogens with zero attached hydrogens (tertiary/aromatic N) is 2. The van der Waals surface area contributed by atoms with E-state index in [4.69, 9.17) is 10.6 Å². The lowest BCUT2D eigenvalue weighted by molar-refractivity contribution is 0.00853. The van der Waals surface area contributed by atoms with Crippen LogP contribution in [0.25, 0.3) is 0 Å². The molecule has 2 unspecified atom stereocenters. The Bertz CT molecular complexity index is 314. The summed E-state index contributed by atoms with van der Waals surface area (Å²) < 4.78 is 5.71. The van der Waals surface area contributed by atoms with E-state index in [9.17, 15) is 0 Å². The predicted octanol–water partition coefficient (Wildman–Crippen LogP) is 1.33. The molecule has 0 saturated carbocycles. The summed E-state index contributed by atoms with van der Waals surface area (Å²) in [7, 11) is 0. The fourth-order valence-corrected chi connectivity index (χ4v) is 2.22. The van der Waals surface area contributed by atoms with Gasteiger partial charge in [0.15, 0.2) is 0 Å². The van der Waals surface area contributed by atoms with Crippen molar-refractivity contribution in [3.8, 4) is 0 Å². The molecule has 1 aromatic heterocycles. The number of aromatic nitrogens is 2. The maximum absolute atomic E-state index is 5.71. The van der Waals surface area contributed by atoms with Gasteiger partial charge in [-0.3, -0.25) is 11.3 Å². The second-order valence-electron chi connectivity index (χ2n) is 4.46. The van der Waals surface area contributed by atoms with Gasteiger partial charge in [-0.1, -0.05) is 0 Å². The number of rotatable bonds is 5. The normalized spacial score (nSPS) is 22.3. The van der Waals surface area contributed by atoms with E-state index in [-0.39, 0.29) is 6.04 Å². The largest absolute Gasteiger partial charge is 0.378 e. The first-order valence-electron chi connectivity index (χ1n) is 6.23. The summed E-state index contributed by atoms with van der Waals surface area (Å²) in [5, 5.41) is 0. The highest BCUT2D eigenvalue weighted by Gasteiger charge is 2.17. The Kier molecular flexibility index (Phi) is 4.85. The molecule has 2 heterocycles. The molecule has 0 bridgehead atoms. The summed E-state index contributed by atoms with van der Waals surface area (Å²) in [6, 6.07) is 0.113. The van der Waals surface area contributed by atoms with E-state index in [1.54, 1.807) is 12.4 Å². The highest BCUT2D eigenvalue weighted by Crippen LogP contribution is 2.22. The average Bonchev–Trinajstić information content (AvgIpc) is 2.42. The van der Waals surface area contributed by atoms with Crippen LogP contribution in [0.1, 0.15) is 43.7 Å². The quantitative estimate of drug-likeness (QED) is 0.596. The molecule has 1 saturated heterocycles. The monoisotopic (exact) mass is 236 g/mol. The van der Waals surface area contributed by atoms with Gasteiger partial charge in [0.2, 0.25) is 0 Å². The van der Waals surface area contributed by atoms with Crippen molar-refractivity contribution < 1.29 is 4.74 Å². The van der Waals surface area contributed by atoms with Gasteiger partial charge in [0, 0.05) is 30.6 Å². The lowest BCUT2D eigenvalue weighted by Crippen LogP contribution is -2.30. The van der Waals surface area contributed by atoms with E-state index in [1.165, 1.54) is 25.6 Å². The standard InChI is InChI=1S/C12H20N4O/c13-16-12(10-7-14-9-15-8-10)5-4-11-3-1-2-6-17-11/h7-9,11-12,16H,1-6,13H2. The first kappa shape index (κ1) is 12.4. The van der Waals surface area contributed by atoms with Gasteiger partial charge in [0.05, 0.1) is 6.10 Å². The van der Waals surface area contributed by atoms with Crippen molar-refractivity contribution in [1.82, 2.24) is 15.4 Å². The van der Waals surface area contributed by atoms with Crippen molar-refractivity contribution in [2.75, 3.05) is 6.61 Å². The Hall–Kier alpha value is -1.04. The van der Waals surface area contributed by atoms with Gasteiger partial charge in [0.25, 0.3) is 0 Å². The molecule has 0 aromatic carbocycles. The van der Waals surface area contributed by atoms with Gasteiger partial charge in [-0.05, 0) is 32.1 Å². The van der Waals surface area contributed by atoms with Gasteiger partial charge in [-0.2, -0.15) is 0 Å². The summed E-state index contributed by atoms with van der Waals surface area (Å²) in [5.41, 5.74) is 3.86. The molecule has 1 fully saturated rings. The van der Waals surface area contributed by atoms with Crippen LogP contribution < -0.4 is 11.3 Å². The zero-order chi connectivity index (χ0) is 11.9. The fourth-order valence-electron chi connectivity index (χ4n) is 2.22. The van der Waals surface area contributed by atoms with Crippen molar-refractivity contribution in [2.45, 2.75) is 44.2 Å². The smallest absolute Gasteiger partial charge is 0.115 e. The Balaban J connectivity index is 1.83. The van der Waals surface area contributed by atoms with Crippen LogP contribution >= 0.6 is 0 Å². The van der Waals surface area contributed by atoms with Crippen molar-refractivity contribution in [3.63, 3.8) is 0 Å². The highest BCUT2D eigenvalue weighted by atomic mass is 16.5. The Labute approximate surface area is 102 Å². The van der Waals surface area contributed by atoms with E-state index in [1.807, 2.05) is 0 Å². The molecule has 0 amide bonds. The summed E-state index contributed by atoms with van der Waals surface area (Å²) in [6.07, 6.45) is 11.2. The van der Waals surface area contributed by atoms with Gasteiger partial charge in [-0.25, -0.2) is 9.97 Å². The van der Waals surface area contributed by atoms with E-state index in [2.05, 4.69) is 15.4 Å². The van der Waals surface area contributed by atoms with Gasteiger partial charge in [0.1, 0.15) is 6.33 Å². The number of nitrogens with one attached hydrogen (secondary N) is 1. The van der Waals surface area contributed by atoms with Crippen molar-refractivity contribution >= 4 is 0 Å². The molecule has 1 aliphatic heterocycles. The molecule has 17 heavy (non-hydrogen) atoms. The zero-order valence-corrected chi connectivity index (χ0v) is 10.0. The molecule has 3 N–H and O–H groups in total. The maximum atomic E-state index is 5.71. The molecule has 1 aliphatic rings. The summed E-state index contributed by atoms with van der Waals surface area (Å²) in [4.78, 5) is 8.02. The van der Waals surface area contributed by atoms with E-state index >= 15 is 0 Å². The van der Waals surface area contributed by atoms with Crippen LogP contribution in [0.3, 0.4) is 0 Å². The molecular weight excluding hydrogens is 216 g/mol. The lowest BCUT2D eigenvalue weighted by atomic mass is 9.99. The molecular formula is C12H20N4O. The molecule has 2 rings (SSSR count). The minimum Gasteiger partial charge on any atom is -0.378 e. The number of nitrogens with two attached hydrogens (primary N) is 1. The topological polar surface area (TPSA) is 73.1 Å². The second kappa shape index (κ2) is 6.64. The van der Waals surface area contributed by atoms with Crippen molar-refractivity contribution in [3.05, 3.63) is 24.3 Å². The van der Waals surface area contributed by atoms with E-state index < -0.39 is 0 Å². The van der Waals surface area contributed by atoms with Crippen molar-refractivity contribution in [1.29, 1.82) is 0 Å². The van der Waals surface area contributed by atoms with Crippen LogP contribution in [-0.4, -0.2) is 22.7 Å². The first-order valence-corrected chi connectivity index (χ1v) is 6.23. The number of ether oxygens (including phenoxy) is 1. The molecule has 94 valence electrons. The van der Waals surface area contributed by atoms with E-state index in [0.29, 0.717) is 6.10 Å². The van der Waals surface area contributed by atoms with Crippen LogP contribution in [-0.2, 0) is 4.74 Å². The Morgan fingerprint density at radius 1 is 1.41 bits per heavy atom. The molecule has 5 nitrogen and oxygen atoms in total. The van der Waals surface area contributed by atoms with Crippen LogP contribution in [0.15, 0.2) is 18.7 Å². The third-order valence-electron chi connectivity index (χ3n) is 3.24. The fraction of sp³-hybridized carbons (Fsp3) is 0.667. The van der Waals surface area contributed by atoms with Gasteiger partial charge < -0.3 is 4.74 Å². The average molecular weight is 236 g/mol. The van der Waals surface area contributed by atoms with Crippen LogP contribution in [0.4, 0.5) is 0 Å². The summed E-state index contributed by atoms with van der Waals surface area (Å²) >= 11 is 0. The molecule has 1 aromatic rings. The molecule has 0 spiro atoms. The summed E-state index contributed by atoms with van der Waals surface area (Å²) in [6.45, 7) is 0.903. The van der Waals surface area contributed by atoms with Crippen LogP contribution in [0.5, 0.6) is 0 Å². The SMILES string of the molecule is NNC(CCC1CCCCO1)c1cncnc1. The number of hydrazine groups is 1. The van der Waals surface area contributed by atoms with Crippen LogP contribution in [0.2, 0.25) is 0 Å². The lowest BCUT2D eigenvalue weighted by Gasteiger charge is -2.24. The van der Waals surface area contributed by atoms with Gasteiger partial charge in [-0.15, -0.1) is 0 Å². The molecule has 0 radical (unpaired) electrons. The third kappa shape index (κ3) is 3.73.